The molecule has 1 heterocycles. The first-order valence-corrected chi connectivity index (χ1v) is 6.87. The number of hydrogen-bond acceptors (Lipinski definition) is 2. The molecule has 1 aromatic rings. The van der Waals surface area contributed by atoms with Gasteiger partial charge in [0.25, 0.3) is 5.91 Å². The molecule has 0 spiro atoms. The van der Waals surface area contributed by atoms with E-state index in [1.54, 1.807) is 24.3 Å². The predicted octanol–water partition coefficient (Wildman–Crippen LogP) is 1.83. The number of carbonyl (C=O) groups excluding carboxylic acids is 2. The smallest absolute Gasteiger partial charge is 0.251 e. The SMILES string of the molecule is O=C(NC1CC(=O)N(C2CC2)C1)c1ccc(Cl)cc1. The summed E-state index contributed by atoms with van der Waals surface area (Å²) in [6.45, 7) is 0.642. The van der Waals surface area contributed by atoms with Crippen LogP contribution in [-0.4, -0.2) is 35.3 Å². The molecule has 4 nitrogen and oxygen atoms in total. The molecule has 1 saturated heterocycles. The molecule has 19 heavy (non-hydrogen) atoms. The van der Waals surface area contributed by atoms with Gasteiger partial charge in [0, 0.05) is 29.6 Å². The number of benzene rings is 1. The van der Waals surface area contributed by atoms with Crippen LogP contribution in [0.4, 0.5) is 0 Å². The summed E-state index contributed by atoms with van der Waals surface area (Å²) in [5.41, 5.74) is 0.571. The molecule has 1 aliphatic carbocycles. The van der Waals surface area contributed by atoms with E-state index in [0.29, 0.717) is 29.6 Å². The number of nitrogens with one attached hydrogen (secondary N) is 1. The van der Waals surface area contributed by atoms with Gasteiger partial charge in [0.1, 0.15) is 0 Å². The molecule has 1 N–H and O–H groups in total. The van der Waals surface area contributed by atoms with Gasteiger partial charge in [-0.1, -0.05) is 11.6 Å². The van der Waals surface area contributed by atoms with E-state index < -0.39 is 0 Å². The lowest BCUT2D eigenvalue weighted by Gasteiger charge is -2.16. The van der Waals surface area contributed by atoms with Crippen molar-refractivity contribution in [1.82, 2.24) is 10.2 Å². The number of rotatable bonds is 3. The van der Waals surface area contributed by atoms with E-state index in [4.69, 9.17) is 11.6 Å². The van der Waals surface area contributed by atoms with Gasteiger partial charge < -0.3 is 10.2 Å². The average Bonchev–Trinajstić information content (AvgIpc) is 3.15. The topological polar surface area (TPSA) is 49.4 Å². The molecule has 0 radical (unpaired) electrons. The molecule has 2 aliphatic rings. The first kappa shape index (κ1) is 12.5. The summed E-state index contributed by atoms with van der Waals surface area (Å²) in [4.78, 5) is 25.7. The van der Waals surface area contributed by atoms with Gasteiger partial charge in [0.15, 0.2) is 0 Å². The first-order chi connectivity index (χ1) is 9.13. The zero-order chi connectivity index (χ0) is 13.4. The van der Waals surface area contributed by atoms with Crippen LogP contribution in [-0.2, 0) is 4.79 Å². The zero-order valence-corrected chi connectivity index (χ0v) is 11.2. The van der Waals surface area contributed by atoms with E-state index in [1.165, 1.54) is 0 Å². The summed E-state index contributed by atoms with van der Waals surface area (Å²) in [5, 5.41) is 3.52. The number of halogens is 1. The fourth-order valence-corrected chi connectivity index (χ4v) is 2.56. The highest BCUT2D eigenvalue weighted by Crippen LogP contribution is 2.30. The van der Waals surface area contributed by atoms with Crippen molar-refractivity contribution in [2.75, 3.05) is 6.54 Å². The van der Waals surface area contributed by atoms with E-state index in [0.717, 1.165) is 12.8 Å². The summed E-state index contributed by atoms with van der Waals surface area (Å²) in [6.07, 6.45) is 2.61. The second-order valence-electron chi connectivity index (χ2n) is 5.16. The van der Waals surface area contributed by atoms with Crippen LogP contribution < -0.4 is 5.32 Å². The van der Waals surface area contributed by atoms with Crippen molar-refractivity contribution in [3.8, 4) is 0 Å². The fraction of sp³-hybridized carbons (Fsp3) is 0.429. The van der Waals surface area contributed by atoms with Crippen molar-refractivity contribution in [3.63, 3.8) is 0 Å². The number of carbonyl (C=O) groups is 2. The minimum absolute atomic E-state index is 0.0729. The molecule has 1 unspecified atom stereocenters. The third-order valence-electron chi connectivity index (χ3n) is 3.59. The normalized spacial score (nSPS) is 22.7. The quantitative estimate of drug-likeness (QED) is 0.917. The van der Waals surface area contributed by atoms with Crippen LogP contribution in [0.3, 0.4) is 0 Å². The van der Waals surface area contributed by atoms with E-state index >= 15 is 0 Å². The average molecular weight is 279 g/mol. The van der Waals surface area contributed by atoms with Crippen LogP contribution in [0.25, 0.3) is 0 Å². The Bertz CT molecular complexity index is 511. The van der Waals surface area contributed by atoms with Crippen molar-refractivity contribution in [2.45, 2.75) is 31.3 Å². The van der Waals surface area contributed by atoms with Crippen molar-refractivity contribution in [3.05, 3.63) is 34.9 Å². The highest BCUT2D eigenvalue weighted by molar-refractivity contribution is 6.30. The summed E-state index contributed by atoms with van der Waals surface area (Å²) >= 11 is 5.78. The third-order valence-corrected chi connectivity index (χ3v) is 3.84. The number of likely N-dealkylation sites (tertiary alicyclic amines) is 1. The largest absolute Gasteiger partial charge is 0.347 e. The van der Waals surface area contributed by atoms with Gasteiger partial charge in [-0.2, -0.15) is 0 Å². The third kappa shape index (κ3) is 2.73. The van der Waals surface area contributed by atoms with Crippen LogP contribution >= 0.6 is 11.6 Å². The molecule has 0 bridgehead atoms. The Morgan fingerprint density at radius 2 is 1.95 bits per heavy atom. The molecule has 1 aromatic carbocycles. The van der Waals surface area contributed by atoms with E-state index in [1.807, 2.05) is 4.90 Å². The van der Waals surface area contributed by atoms with Gasteiger partial charge >= 0.3 is 0 Å². The molecule has 1 aliphatic heterocycles. The molecular formula is C14H15ClN2O2. The zero-order valence-electron chi connectivity index (χ0n) is 10.4. The number of nitrogens with zero attached hydrogens (tertiary/aromatic N) is 1. The van der Waals surface area contributed by atoms with Gasteiger partial charge in [0.2, 0.25) is 5.91 Å². The molecular weight excluding hydrogens is 264 g/mol. The fourth-order valence-electron chi connectivity index (χ4n) is 2.44. The molecule has 3 rings (SSSR count). The minimum atomic E-state index is -0.146. The standard InChI is InChI=1S/C14H15ClN2O2/c15-10-3-1-9(2-4-10)14(19)16-11-7-13(18)17(8-11)12-5-6-12/h1-4,11-12H,5-8H2,(H,16,19). The van der Waals surface area contributed by atoms with Crippen LogP contribution in [0.5, 0.6) is 0 Å². The van der Waals surface area contributed by atoms with Gasteiger partial charge in [-0.3, -0.25) is 9.59 Å². The Balaban J connectivity index is 1.61. The van der Waals surface area contributed by atoms with Crippen molar-refractivity contribution in [1.29, 1.82) is 0 Å². The number of hydrogen-bond donors (Lipinski definition) is 1. The molecule has 100 valence electrons. The van der Waals surface area contributed by atoms with Gasteiger partial charge in [-0.05, 0) is 37.1 Å². The summed E-state index contributed by atoms with van der Waals surface area (Å²) in [6, 6.07) is 7.10. The summed E-state index contributed by atoms with van der Waals surface area (Å²) in [5.74, 6) is 0.0102. The Morgan fingerprint density at radius 3 is 2.58 bits per heavy atom. The maximum Gasteiger partial charge on any atom is 0.251 e. The Hall–Kier alpha value is -1.55. The van der Waals surface area contributed by atoms with Gasteiger partial charge in [0.05, 0.1) is 6.04 Å². The van der Waals surface area contributed by atoms with Crippen molar-refractivity contribution in [2.24, 2.45) is 0 Å². The monoisotopic (exact) mass is 278 g/mol. The molecule has 0 aromatic heterocycles. The lowest BCUT2D eigenvalue weighted by Crippen LogP contribution is -2.37. The van der Waals surface area contributed by atoms with Gasteiger partial charge in [-0.25, -0.2) is 0 Å². The lowest BCUT2D eigenvalue weighted by molar-refractivity contribution is -0.128. The van der Waals surface area contributed by atoms with Crippen LogP contribution in [0.1, 0.15) is 29.6 Å². The van der Waals surface area contributed by atoms with Crippen molar-refractivity contribution < 1.29 is 9.59 Å². The predicted molar refractivity (Wildman–Crippen MR) is 72.1 cm³/mol. The molecule has 1 saturated carbocycles. The van der Waals surface area contributed by atoms with Gasteiger partial charge in [-0.15, -0.1) is 0 Å². The van der Waals surface area contributed by atoms with Crippen LogP contribution in [0, 0.1) is 0 Å². The highest BCUT2D eigenvalue weighted by Gasteiger charge is 2.39. The molecule has 2 fully saturated rings. The Labute approximate surface area is 116 Å². The van der Waals surface area contributed by atoms with Crippen LogP contribution in [0.2, 0.25) is 5.02 Å². The molecule has 5 heteroatoms. The van der Waals surface area contributed by atoms with E-state index in [9.17, 15) is 9.59 Å². The van der Waals surface area contributed by atoms with E-state index in [2.05, 4.69) is 5.32 Å². The van der Waals surface area contributed by atoms with Crippen LogP contribution in [0.15, 0.2) is 24.3 Å². The second-order valence-corrected chi connectivity index (χ2v) is 5.60. The second kappa shape index (κ2) is 4.85. The van der Waals surface area contributed by atoms with Crippen molar-refractivity contribution >= 4 is 23.4 Å². The highest BCUT2D eigenvalue weighted by atomic mass is 35.5. The summed E-state index contributed by atoms with van der Waals surface area (Å²) in [7, 11) is 0. The lowest BCUT2D eigenvalue weighted by atomic mass is 10.2. The number of amides is 2. The molecule has 2 amide bonds. The maximum atomic E-state index is 12.0. The minimum Gasteiger partial charge on any atom is -0.347 e. The maximum absolute atomic E-state index is 12.0. The summed E-state index contributed by atoms with van der Waals surface area (Å²) < 4.78 is 0. The Kier molecular flexibility index (Phi) is 3.19. The Morgan fingerprint density at radius 1 is 1.26 bits per heavy atom. The molecule has 1 atom stereocenters. The van der Waals surface area contributed by atoms with E-state index in [-0.39, 0.29) is 17.9 Å². The first-order valence-electron chi connectivity index (χ1n) is 6.49.